The van der Waals surface area contributed by atoms with Crippen molar-refractivity contribution in [2.45, 2.75) is 19.0 Å². The highest BCUT2D eigenvalue weighted by Gasteiger charge is 2.30. The molecule has 1 aliphatic heterocycles. The average molecular weight is 259 g/mol. The second kappa shape index (κ2) is 5.56. The molecule has 0 saturated carbocycles. The first-order chi connectivity index (χ1) is 8.55. The number of pyridine rings is 1. The van der Waals surface area contributed by atoms with Crippen LogP contribution in [0.4, 0.5) is 19.0 Å². The molecule has 0 amide bonds. The van der Waals surface area contributed by atoms with Crippen LogP contribution >= 0.6 is 0 Å². The van der Waals surface area contributed by atoms with Gasteiger partial charge in [0.05, 0.1) is 5.56 Å². The molecule has 2 heterocycles. The second-order valence-electron chi connectivity index (χ2n) is 4.50. The predicted octanol–water partition coefficient (Wildman–Crippen LogP) is 2.51. The molecule has 0 bridgehead atoms. The summed E-state index contributed by atoms with van der Waals surface area (Å²) in [5.41, 5.74) is -0.713. The first kappa shape index (κ1) is 13.1. The monoisotopic (exact) mass is 259 g/mol. The lowest BCUT2D eigenvalue weighted by Gasteiger charge is -2.23. The van der Waals surface area contributed by atoms with Crippen molar-refractivity contribution in [3.05, 3.63) is 23.9 Å². The van der Waals surface area contributed by atoms with Gasteiger partial charge in [-0.3, -0.25) is 0 Å². The van der Waals surface area contributed by atoms with E-state index in [9.17, 15) is 13.2 Å². The fourth-order valence-corrected chi connectivity index (χ4v) is 2.00. The molecule has 1 fully saturated rings. The van der Waals surface area contributed by atoms with E-state index < -0.39 is 11.7 Å². The molecule has 2 N–H and O–H groups in total. The average Bonchev–Trinajstić information content (AvgIpc) is 2.37. The van der Waals surface area contributed by atoms with E-state index in [2.05, 4.69) is 15.6 Å². The van der Waals surface area contributed by atoms with E-state index in [0.717, 1.165) is 44.7 Å². The van der Waals surface area contributed by atoms with Crippen molar-refractivity contribution >= 4 is 5.82 Å². The molecule has 1 aromatic rings. The van der Waals surface area contributed by atoms with Crippen molar-refractivity contribution in [2.75, 3.05) is 25.0 Å². The highest BCUT2D eigenvalue weighted by Crippen LogP contribution is 2.28. The number of rotatable bonds is 3. The smallest absolute Gasteiger partial charge is 0.370 e. The van der Waals surface area contributed by atoms with Gasteiger partial charge in [-0.2, -0.15) is 13.2 Å². The minimum Gasteiger partial charge on any atom is -0.370 e. The maximum atomic E-state index is 12.3. The Kier molecular flexibility index (Phi) is 4.06. The van der Waals surface area contributed by atoms with Crippen LogP contribution in [0.3, 0.4) is 0 Å². The summed E-state index contributed by atoms with van der Waals surface area (Å²) in [6, 6.07) is 2.43. The molecular formula is C12H16F3N3. The third-order valence-corrected chi connectivity index (χ3v) is 3.12. The Morgan fingerprint density at radius 1 is 1.28 bits per heavy atom. The molecule has 1 saturated heterocycles. The Morgan fingerprint density at radius 2 is 2.00 bits per heavy atom. The van der Waals surface area contributed by atoms with Gasteiger partial charge in [0.2, 0.25) is 0 Å². The van der Waals surface area contributed by atoms with Crippen LogP contribution in [0.2, 0.25) is 0 Å². The molecule has 0 aromatic carbocycles. The molecule has 0 atom stereocenters. The third-order valence-electron chi connectivity index (χ3n) is 3.12. The van der Waals surface area contributed by atoms with Gasteiger partial charge in [0.1, 0.15) is 5.82 Å². The molecule has 1 aliphatic rings. The molecule has 3 nitrogen and oxygen atoms in total. The summed E-state index contributed by atoms with van der Waals surface area (Å²) < 4.78 is 37.0. The molecule has 1 aromatic heterocycles. The zero-order valence-electron chi connectivity index (χ0n) is 9.93. The van der Waals surface area contributed by atoms with E-state index in [-0.39, 0.29) is 0 Å². The minimum absolute atomic E-state index is 0.501. The van der Waals surface area contributed by atoms with E-state index in [1.807, 2.05) is 0 Å². The van der Waals surface area contributed by atoms with E-state index in [1.165, 1.54) is 6.07 Å². The maximum Gasteiger partial charge on any atom is 0.417 e. The van der Waals surface area contributed by atoms with Crippen molar-refractivity contribution < 1.29 is 13.2 Å². The van der Waals surface area contributed by atoms with E-state index in [4.69, 9.17) is 0 Å². The molecule has 6 heteroatoms. The first-order valence-electron chi connectivity index (χ1n) is 6.03. The van der Waals surface area contributed by atoms with Crippen LogP contribution in [0, 0.1) is 5.92 Å². The largest absolute Gasteiger partial charge is 0.417 e. The zero-order chi connectivity index (χ0) is 13.0. The molecule has 0 radical (unpaired) electrons. The Balaban J connectivity index is 1.86. The SMILES string of the molecule is FC(F)(F)c1ccc(NCC2CCNCC2)nc1. The number of anilines is 1. The molecule has 0 spiro atoms. The van der Waals surface area contributed by atoms with Crippen LogP contribution in [0.15, 0.2) is 18.3 Å². The van der Waals surface area contributed by atoms with E-state index in [0.29, 0.717) is 11.7 Å². The van der Waals surface area contributed by atoms with Gasteiger partial charge in [-0.15, -0.1) is 0 Å². The zero-order valence-corrected chi connectivity index (χ0v) is 9.93. The normalized spacial score (nSPS) is 17.7. The van der Waals surface area contributed by atoms with Crippen LogP contribution in [0.1, 0.15) is 18.4 Å². The van der Waals surface area contributed by atoms with Crippen molar-refractivity contribution in [2.24, 2.45) is 5.92 Å². The van der Waals surface area contributed by atoms with Crippen LogP contribution in [0.5, 0.6) is 0 Å². The van der Waals surface area contributed by atoms with Crippen LogP contribution < -0.4 is 10.6 Å². The molecule has 2 rings (SSSR count). The van der Waals surface area contributed by atoms with Gasteiger partial charge in [-0.25, -0.2) is 4.98 Å². The summed E-state index contributed by atoms with van der Waals surface area (Å²) in [5, 5.41) is 6.36. The van der Waals surface area contributed by atoms with Gasteiger partial charge in [-0.05, 0) is 44.0 Å². The number of alkyl halides is 3. The molecule has 18 heavy (non-hydrogen) atoms. The Labute approximate surface area is 104 Å². The summed E-state index contributed by atoms with van der Waals surface area (Å²) in [4.78, 5) is 3.78. The predicted molar refractivity (Wildman–Crippen MR) is 63.3 cm³/mol. The number of halogens is 3. The molecule has 0 aliphatic carbocycles. The molecular weight excluding hydrogens is 243 g/mol. The number of piperidine rings is 1. The Hall–Kier alpha value is -1.30. The minimum atomic E-state index is -4.32. The van der Waals surface area contributed by atoms with Crippen molar-refractivity contribution in [3.8, 4) is 0 Å². The van der Waals surface area contributed by atoms with Crippen molar-refractivity contribution in [1.82, 2.24) is 10.3 Å². The van der Waals surface area contributed by atoms with Gasteiger partial charge < -0.3 is 10.6 Å². The highest BCUT2D eigenvalue weighted by molar-refractivity contribution is 5.36. The van der Waals surface area contributed by atoms with Crippen LogP contribution in [-0.2, 0) is 6.18 Å². The summed E-state index contributed by atoms with van der Waals surface area (Å²) in [6.07, 6.45) is -1.27. The number of nitrogens with zero attached hydrogens (tertiary/aromatic N) is 1. The van der Waals surface area contributed by atoms with E-state index >= 15 is 0 Å². The molecule has 0 unspecified atom stereocenters. The summed E-state index contributed by atoms with van der Waals surface area (Å²) in [5.74, 6) is 1.07. The fraction of sp³-hybridized carbons (Fsp3) is 0.583. The fourth-order valence-electron chi connectivity index (χ4n) is 2.00. The van der Waals surface area contributed by atoms with Crippen molar-refractivity contribution in [1.29, 1.82) is 0 Å². The quantitative estimate of drug-likeness (QED) is 0.875. The number of hydrogen-bond donors (Lipinski definition) is 2. The maximum absolute atomic E-state index is 12.3. The van der Waals surface area contributed by atoms with Gasteiger partial charge in [0.25, 0.3) is 0 Å². The Morgan fingerprint density at radius 3 is 2.56 bits per heavy atom. The summed E-state index contributed by atoms with van der Waals surface area (Å²) in [6.45, 7) is 2.78. The lowest BCUT2D eigenvalue weighted by Crippen LogP contribution is -2.31. The van der Waals surface area contributed by atoms with Gasteiger partial charge >= 0.3 is 6.18 Å². The van der Waals surface area contributed by atoms with Gasteiger partial charge in [0, 0.05) is 12.7 Å². The van der Waals surface area contributed by atoms with Crippen LogP contribution in [-0.4, -0.2) is 24.6 Å². The van der Waals surface area contributed by atoms with Crippen molar-refractivity contribution in [3.63, 3.8) is 0 Å². The summed E-state index contributed by atoms with van der Waals surface area (Å²) >= 11 is 0. The Bertz CT molecular complexity index is 369. The second-order valence-corrected chi connectivity index (χ2v) is 4.50. The first-order valence-corrected chi connectivity index (χ1v) is 6.03. The number of aromatic nitrogens is 1. The van der Waals surface area contributed by atoms with Gasteiger partial charge in [0.15, 0.2) is 0 Å². The third kappa shape index (κ3) is 3.60. The lowest BCUT2D eigenvalue weighted by molar-refractivity contribution is -0.137. The summed E-state index contributed by atoms with van der Waals surface area (Å²) in [7, 11) is 0. The standard InChI is InChI=1S/C12H16F3N3/c13-12(14,15)10-1-2-11(18-8-10)17-7-9-3-5-16-6-4-9/h1-2,8-9,16H,3-7H2,(H,17,18). The van der Waals surface area contributed by atoms with Crippen LogP contribution in [0.25, 0.3) is 0 Å². The number of nitrogens with one attached hydrogen (secondary N) is 2. The van der Waals surface area contributed by atoms with Gasteiger partial charge in [-0.1, -0.05) is 0 Å². The van der Waals surface area contributed by atoms with E-state index in [1.54, 1.807) is 0 Å². The number of hydrogen-bond acceptors (Lipinski definition) is 3. The highest BCUT2D eigenvalue weighted by atomic mass is 19.4. The topological polar surface area (TPSA) is 37.0 Å². The lowest BCUT2D eigenvalue weighted by atomic mass is 9.98. The molecule has 100 valence electrons.